The molecule has 1 aliphatic heterocycles. The summed E-state index contributed by atoms with van der Waals surface area (Å²) in [6.45, 7) is 2.20. The summed E-state index contributed by atoms with van der Waals surface area (Å²) in [4.78, 5) is 37.6. The lowest BCUT2D eigenvalue weighted by Crippen LogP contribution is -2.33. The van der Waals surface area contributed by atoms with E-state index in [4.69, 9.17) is 4.74 Å². The molecule has 2 aromatic rings. The van der Waals surface area contributed by atoms with Crippen molar-refractivity contribution < 1.29 is 27.9 Å². The van der Waals surface area contributed by atoms with Crippen molar-refractivity contribution in [3.8, 4) is 0 Å². The van der Waals surface area contributed by atoms with Crippen LogP contribution in [0.2, 0.25) is 0 Å². The van der Waals surface area contributed by atoms with Gasteiger partial charge < -0.3 is 15.0 Å². The molecule has 8 heteroatoms. The average Bonchev–Trinajstić information content (AvgIpc) is 3.08. The fourth-order valence-electron chi connectivity index (χ4n) is 3.14. The average molecular weight is 414 g/mol. The SMILES string of the molecule is CCOC(=O)/C=C/c1ccc(NC(=O)C2CCN(c3cc(F)cc(F)c3)C2=O)cc1. The fourth-order valence-corrected chi connectivity index (χ4v) is 3.14. The summed E-state index contributed by atoms with van der Waals surface area (Å²) in [5.41, 5.74) is 1.30. The van der Waals surface area contributed by atoms with E-state index in [9.17, 15) is 23.2 Å². The van der Waals surface area contributed by atoms with E-state index in [-0.39, 0.29) is 18.7 Å². The van der Waals surface area contributed by atoms with Crippen LogP contribution in [0, 0.1) is 17.6 Å². The van der Waals surface area contributed by atoms with E-state index in [2.05, 4.69) is 5.32 Å². The molecule has 1 aliphatic rings. The summed E-state index contributed by atoms with van der Waals surface area (Å²) in [7, 11) is 0. The highest BCUT2D eigenvalue weighted by Gasteiger charge is 2.37. The lowest BCUT2D eigenvalue weighted by molar-refractivity contribution is -0.137. The molecule has 0 aliphatic carbocycles. The summed E-state index contributed by atoms with van der Waals surface area (Å²) in [6.07, 6.45) is 3.13. The Balaban J connectivity index is 1.62. The topological polar surface area (TPSA) is 75.7 Å². The van der Waals surface area contributed by atoms with E-state index in [0.717, 1.165) is 23.8 Å². The lowest BCUT2D eigenvalue weighted by atomic mass is 10.1. The van der Waals surface area contributed by atoms with Crippen molar-refractivity contribution in [2.45, 2.75) is 13.3 Å². The van der Waals surface area contributed by atoms with Crippen LogP contribution in [0.5, 0.6) is 0 Å². The Kier molecular flexibility index (Phi) is 6.56. The number of anilines is 2. The number of carbonyl (C=O) groups excluding carboxylic acids is 3. The second kappa shape index (κ2) is 9.30. The number of hydrogen-bond donors (Lipinski definition) is 1. The maximum Gasteiger partial charge on any atom is 0.330 e. The van der Waals surface area contributed by atoms with Crippen molar-refractivity contribution >= 4 is 35.2 Å². The molecule has 1 heterocycles. The minimum atomic E-state index is -0.945. The first kappa shape index (κ1) is 21.2. The molecule has 0 radical (unpaired) electrons. The molecule has 1 saturated heterocycles. The first-order chi connectivity index (χ1) is 14.4. The van der Waals surface area contributed by atoms with Crippen molar-refractivity contribution in [1.29, 1.82) is 0 Å². The highest BCUT2D eigenvalue weighted by Crippen LogP contribution is 2.27. The first-order valence-electron chi connectivity index (χ1n) is 9.40. The number of halogens is 2. The van der Waals surface area contributed by atoms with Crippen molar-refractivity contribution in [2.24, 2.45) is 5.92 Å². The summed E-state index contributed by atoms with van der Waals surface area (Å²) in [6, 6.07) is 9.52. The van der Waals surface area contributed by atoms with Crippen LogP contribution in [0.1, 0.15) is 18.9 Å². The molecule has 1 unspecified atom stereocenters. The zero-order valence-corrected chi connectivity index (χ0v) is 16.2. The van der Waals surface area contributed by atoms with Gasteiger partial charge in [-0.3, -0.25) is 9.59 Å². The van der Waals surface area contributed by atoms with Crippen molar-refractivity contribution in [3.63, 3.8) is 0 Å². The standard InChI is InChI=1S/C22H20F2N2O4/c1-2-30-20(27)8-5-14-3-6-17(7-4-14)25-21(28)19-9-10-26(22(19)29)18-12-15(23)11-16(24)13-18/h3-8,11-13,19H,2,9-10H2,1H3,(H,25,28)/b8-5+. The number of ether oxygens (including phenoxy) is 1. The Morgan fingerprint density at radius 1 is 1.17 bits per heavy atom. The van der Waals surface area contributed by atoms with Crippen LogP contribution in [0.4, 0.5) is 20.2 Å². The molecule has 0 bridgehead atoms. The highest BCUT2D eigenvalue weighted by molar-refractivity contribution is 6.13. The molecule has 156 valence electrons. The van der Waals surface area contributed by atoms with E-state index >= 15 is 0 Å². The quantitative estimate of drug-likeness (QED) is 0.446. The van der Waals surface area contributed by atoms with Gasteiger partial charge in [0.25, 0.3) is 0 Å². The van der Waals surface area contributed by atoms with Gasteiger partial charge in [-0.2, -0.15) is 0 Å². The Morgan fingerprint density at radius 2 is 1.83 bits per heavy atom. The Bertz CT molecular complexity index is 969. The van der Waals surface area contributed by atoms with Crippen molar-refractivity contribution in [2.75, 3.05) is 23.4 Å². The summed E-state index contributed by atoms with van der Waals surface area (Å²) < 4.78 is 31.7. The number of nitrogens with one attached hydrogen (secondary N) is 1. The molecule has 6 nitrogen and oxygen atoms in total. The number of rotatable bonds is 6. The largest absolute Gasteiger partial charge is 0.463 e. The summed E-state index contributed by atoms with van der Waals surface area (Å²) in [5, 5.41) is 2.67. The summed E-state index contributed by atoms with van der Waals surface area (Å²) >= 11 is 0. The Labute approximate surface area is 172 Å². The zero-order chi connectivity index (χ0) is 21.7. The number of benzene rings is 2. The van der Waals surface area contributed by atoms with Gasteiger partial charge in [0.15, 0.2) is 0 Å². The normalized spacial score (nSPS) is 16.2. The van der Waals surface area contributed by atoms with Gasteiger partial charge in [-0.05, 0) is 49.2 Å². The van der Waals surface area contributed by atoms with Gasteiger partial charge in [0.2, 0.25) is 11.8 Å². The number of carbonyl (C=O) groups is 3. The van der Waals surface area contributed by atoms with Gasteiger partial charge in [0.1, 0.15) is 17.6 Å². The molecule has 0 aromatic heterocycles. The molecular weight excluding hydrogens is 394 g/mol. The Hall–Kier alpha value is -3.55. The molecule has 2 aromatic carbocycles. The second-order valence-corrected chi connectivity index (χ2v) is 6.66. The third-order valence-electron chi connectivity index (χ3n) is 4.56. The van der Waals surface area contributed by atoms with E-state index in [1.807, 2.05) is 0 Å². The van der Waals surface area contributed by atoms with Crippen LogP contribution in [0.25, 0.3) is 6.08 Å². The lowest BCUT2D eigenvalue weighted by Gasteiger charge is -2.17. The number of nitrogens with zero attached hydrogens (tertiary/aromatic N) is 1. The van der Waals surface area contributed by atoms with Crippen LogP contribution in [0.3, 0.4) is 0 Å². The van der Waals surface area contributed by atoms with Crippen molar-refractivity contribution in [1.82, 2.24) is 0 Å². The molecule has 1 N–H and O–H groups in total. The van der Waals surface area contributed by atoms with Crippen molar-refractivity contribution in [3.05, 3.63) is 65.7 Å². The molecule has 1 atom stereocenters. The number of esters is 1. The molecular formula is C22H20F2N2O4. The van der Waals surface area contributed by atoms with E-state index in [0.29, 0.717) is 12.3 Å². The second-order valence-electron chi connectivity index (χ2n) is 6.66. The first-order valence-corrected chi connectivity index (χ1v) is 9.40. The molecule has 0 saturated carbocycles. The smallest absolute Gasteiger partial charge is 0.330 e. The Morgan fingerprint density at radius 3 is 2.47 bits per heavy atom. The zero-order valence-electron chi connectivity index (χ0n) is 16.2. The molecule has 2 amide bonds. The molecule has 3 rings (SSSR count). The van der Waals surface area contributed by atoms with E-state index in [1.165, 1.54) is 11.0 Å². The van der Waals surface area contributed by atoms with Gasteiger partial charge in [-0.15, -0.1) is 0 Å². The molecule has 30 heavy (non-hydrogen) atoms. The monoisotopic (exact) mass is 414 g/mol. The fraction of sp³-hybridized carbons (Fsp3) is 0.227. The van der Waals surface area contributed by atoms with Crippen LogP contribution in [0.15, 0.2) is 48.5 Å². The van der Waals surface area contributed by atoms with Gasteiger partial charge in [-0.25, -0.2) is 13.6 Å². The predicted octanol–water partition coefficient (Wildman–Crippen LogP) is 3.53. The van der Waals surface area contributed by atoms with Crippen LogP contribution in [-0.4, -0.2) is 30.9 Å². The highest BCUT2D eigenvalue weighted by atomic mass is 19.1. The minimum absolute atomic E-state index is 0.0885. The minimum Gasteiger partial charge on any atom is -0.463 e. The van der Waals surface area contributed by atoms with Crippen LogP contribution < -0.4 is 10.2 Å². The van der Waals surface area contributed by atoms with Crippen LogP contribution in [-0.2, 0) is 19.1 Å². The molecule has 0 spiro atoms. The van der Waals surface area contributed by atoms with Crippen LogP contribution >= 0.6 is 0 Å². The third kappa shape index (κ3) is 5.08. The summed E-state index contributed by atoms with van der Waals surface area (Å²) in [5.74, 6) is -3.97. The maximum absolute atomic E-state index is 13.4. The maximum atomic E-state index is 13.4. The number of amides is 2. The van der Waals surface area contributed by atoms with Gasteiger partial charge >= 0.3 is 5.97 Å². The van der Waals surface area contributed by atoms with Gasteiger partial charge in [0, 0.05) is 30.1 Å². The number of hydrogen-bond acceptors (Lipinski definition) is 4. The third-order valence-corrected chi connectivity index (χ3v) is 4.56. The molecule has 1 fully saturated rings. The van der Waals surface area contributed by atoms with E-state index in [1.54, 1.807) is 37.3 Å². The van der Waals surface area contributed by atoms with E-state index < -0.39 is 35.3 Å². The van der Waals surface area contributed by atoms with Gasteiger partial charge in [-0.1, -0.05) is 12.1 Å². The van der Waals surface area contributed by atoms with Gasteiger partial charge in [0.05, 0.1) is 6.61 Å². The predicted molar refractivity (Wildman–Crippen MR) is 108 cm³/mol.